The number of hydrogen-bond acceptors (Lipinski definition) is 3. The fourth-order valence-corrected chi connectivity index (χ4v) is 9.61. The molecule has 0 spiro atoms. The van der Waals surface area contributed by atoms with Crippen molar-refractivity contribution < 1.29 is 14.6 Å². The molecule has 0 saturated heterocycles. The first-order chi connectivity index (χ1) is 16.0. The molecule has 190 valence electrons. The van der Waals surface area contributed by atoms with E-state index in [0.29, 0.717) is 22.7 Å². The van der Waals surface area contributed by atoms with Gasteiger partial charge in [-0.15, -0.1) is 0 Å². The van der Waals surface area contributed by atoms with E-state index in [1.54, 1.807) is 12.5 Å². The van der Waals surface area contributed by atoms with Crippen molar-refractivity contribution in [3.05, 3.63) is 23.0 Å². The third-order valence-corrected chi connectivity index (χ3v) is 11.2. The Bertz CT molecular complexity index is 907. The van der Waals surface area contributed by atoms with Gasteiger partial charge in [0, 0.05) is 25.8 Å². The molecule has 1 amide bonds. The minimum atomic E-state index is -0.130. The number of aliphatic hydroxyl groups is 1. The van der Waals surface area contributed by atoms with Crippen molar-refractivity contribution >= 4 is 5.91 Å². The molecule has 1 aliphatic heterocycles. The van der Waals surface area contributed by atoms with Crippen molar-refractivity contribution in [1.82, 2.24) is 5.32 Å². The maximum atomic E-state index is 11.3. The van der Waals surface area contributed by atoms with Crippen LogP contribution in [-0.2, 0) is 9.53 Å². The highest BCUT2D eigenvalue weighted by atomic mass is 16.5. The van der Waals surface area contributed by atoms with Gasteiger partial charge in [-0.05, 0) is 105 Å². The number of ether oxygens (including phenoxy) is 1. The van der Waals surface area contributed by atoms with Crippen molar-refractivity contribution in [1.29, 1.82) is 0 Å². The van der Waals surface area contributed by atoms with Crippen molar-refractivity contribution in [3.63, 3.8) is 0 Å². The Kier molecular flexibility index (Phi) is 6.02. The van der Waals surface area contributed by atoms with Gasteiger partial charge < -0.3 is 15.2 Å². The van der Waals surface area contributed by atoms with Crippen LogP contribution in [0.4, 0.5) is 0 Å². The second-order valence-electron chi connectivity index (χ2n) is 13.4. The van der Waals surface area contributed by atoms with Crippen LogP contribution < -0.4 is 5.32 Å². The Morgan fingerprint density at radius 1 is 1.24 bits per heavy atom. The van der Waals surface area contributed by atoms with Gasteiger partial charge in [0.25, 0.3) is 0 Å². The summed E-state index contributed by atoms with van der Waals surface area (Å²) >= 11 is 0. The standard InChI is InChI=1S/C30H47NO3/c1-18(17-31-20(3)32)7-10-26-19(2)27-29(5)14-12-24-23(25(29)16-30(27,6)34-26)9-8-21-15-22(33)11-13-28(21,24)4/h8,18,22-25,27,33H,7,9-17H2,1-6H3,(H,31,32)/t18-,22+,23-,24+,25+,27-,28+,29+,30-/m1/s1. The summed E-state index contributed by atoms with van der Waals surface area (Å²) in [5.41, 5.74) is 3.62. The molecule has 4 aliphatic carbocycles. The lowest BCUT2D eigenvalue weighted by atomic mass is 9.47. The van der Waals surface area contributed by atoms with Crippen molar-refractivity contribution in [3.8, 4) is 0 Å². The van der Waals surface area contributed by atoms with E-state index < -0.39 is 0 Å². The zero-order chi connectivity index (χ0) is 24.5. The number of hydrogen-bond donors (Lipinski definition) is 2. The van der Waals surface area contributed by atoms with E-state index >= 15 is 0 Å². The lowest BCUT2D eigenvalue weighted by Crippen LogP contribution is -2.50. The molecule has 9 atom stereocenters. The number of nitrogens with one attached hydrogen (secondary N) is 1. The molecule has 4 nitrogen and oxygen atoms in total. The monoisotopic (exact) mass is 469 g/mol. The second kappa shape index (κ2) is 8.39. The van der Waals surface area contributed by atoms with E-state index in [-0.39, 0.29) is 17.6 Å². The van der Waals surface area contributed by atoms with Crippen LogP contribution in [0.1, 0.15) is 99.3 Å². The van der Waals surface area contributed by atoms with E-state index in [2.05, 4.69) is 46.0 Å². The van der Waals surface area contributed by atoms with Crippen LogP contribution in [0.2, 0.25) is 0 Å². The smallest absolute Gasteiger partial charge is 0.216 e. The highest BCUT2D eigenvalue weighted by molar-refractivity contribution is 5.72. The Hall–Kier alpha value is -1.29. The highest BCUT2D eigenvalue weighted by Crippen LogP contribution is 2.71. The Labute approximate surface area is 207 Å². The Balaban J connectivity index is 1.34. The summed E-state index contributed by atoms with van der Waals surface area (Å²) in [5, 5.41) is 13.3. The summed E-state index contributed by atoms with van der Waals surface area (Å²) in [7, 11) is 0. The van der Waals surface area contributed by atoms with Gasteiger partial charge in [0.1, 0.15) is 5.60 Å². The van der Waals surface area contributed by atoms with Gasteiger partial charge in [0.2, 0.25) is 5.91 Å². The van der Waals surface area contributed by atoms with Gasteiger partial charge >= 0.3 is 0 Å². The predicted molar refractivity (Wildman–Crippen MR) is 136 cm³/mol. The average Bonchev–Trinajstić information content (AvgIpc) is 3.17. The van der Waals surface area contributed by atoms with Gasteiger partial charge in [0.15, 0.2) is 0 Å². The number of aliphatic hydroxyl groups excluding tert-OH is 1. The maximum absolute atomic E-state index is 11.3. The maximum Gasteiger partial charge on any atom is 0.216 e. The van der Waals surface area contributed by atoms with Crippen molar-refractivity contribution in [2.24, 2.45) is 40.4 Å². The topological polar surface area (TPSA) is 58.6 Å². The first-order valence-corrected chi connectivity index (χ1v) is 14.0. The molecule has 0 bridgehead atoms. The number of amides is 1. The van der Waals surface area contributed by atoms with Crippen LogP contribution in [0.5, 0.6) is 0 Å². The zero-order valence-electron chi connectivity index (χ0n) is 22.4. The molecule has 4 heteroatoms. The van der Waals surface area contributed by atoms with Crippen LogP contribution in [0.15, 0.2) is 23.0 Å². The predicted octanol–water partition coefficient (Wildman–Crippen LogP) is 6.15. The summed E-state index contributed by atoms with van der Waals surface area (Å²) < 4.78 is 6.89. The summed E-state index contributed by atoms with van der Waals surface area (Å²) in [4.78, 5) is 11.3. The lowest BCUT2D eigenvalue weighted by Gasteiger charge is -2.57. The van der Waals surface area contributed by atoms with Crippen LogP contribution in [-0.4, -0.2) is 29.3 Å². The normalized spacial score (nSPS) is 46.0. The molecule has 0 radical (unpaired) electrons. The van der Waals surface area contributed by atoms with Crippen LogP contribution >= 0.6 is 0 Å². The largest absolute Gasteiger partial charge is 0.491 e. The Morgan fingerprint density at radius 3 is 2.74 bits per heavy atom. The molecule has 34 heavy (non-hydrogen) atoms. The number of fused-ring (bicyclic) bond motifs is 7. The van der Waals surface area contributed by atoms with Crippen molar-refractivity contribution in [2.45, 2.75) is 111 Å². The average molecular weight is 470 g/mol. The van der Waals surface area contributed by atoms with Crippen molar-refractivity contribution in [2.75, 3.05) is 6.54 Å². The Morgan fingerprint density at radius 2 is 2.00 bits per heavy atom. The highest BCUT2D eigenvalue weighted by Gasteiger charge is 2.67. The van der Waals surface area contributed by atoms with Gasteiger partial charge in [-0.2, -0.15) is 0 Å². The minimum absolute atomic E-state index is 0.0546. The minimum Gasteiger partial charge on any atom is -0.491 e. The number of rotatable bonds is 5. The molecule has 3 fully saturated rings. The molecule has 0 aromatic heterocycles. The fourth-order valence-electron chi connectivity index (χ4n) is 9.61. The molecule has 5 rings (SSSR count). The molecule has 0 aromatic carbocycles. The van der Waals surface area contributed by atoms with Gasteiger partial charge in [-0.25, -0.2) is 0 Å². The van der Waals surface area contributed by atoms with Crippen LogP contribution in [0.25, 0.3) is 0 Å². The quantitative estimate of drug-likeness (QED) is 0.475. The molecule has 1 heterocycles. The number of allylic oxidation sites excluding steroid dienone is 2. The molecular weight excluding hydrogens is 422 g/mol. The summed E-state index contributed by atoms with van der Waals surface area (Å²) in [6, 6.07) is 0. The van der Waals surface area contributed by atoms with E-state index in [9.17, 15) is 9.90 Å². The molecule has 5 aliphatic rings. The van der Waals surface area contributed by atoms with E-state index in [0.717, 1.165) is 56.4 Å². The first-order valence-electron chi connectivity index (χ1n) is 14.0. The molecule has 0 unspecified atom stereocenters. The van der Waals surface area contributed by atoms with Crippen LogP contribution in [0.3, 0.4) is 0 Å². The molecule has 0 aromatic rings. The second-order valence-corrected chi connectivity index (χ2v) is 13.4. The third kappa shape index (κ3) is 3.69. The summed E-state index contributed by atoms with van der Waals surface area (Å²) in [5.74, 6) is 4.51. The number of carbonyl (C=O) groups is 1. The molecule has 3 saturated carbocycles. The molecular formula is C30H47NO3. The summed E-state index contributed by atoms with van der Waals surface area (Å²) in [6.07, 6.45) is 12.5. The SMILES string of the molecule is CC(=O)NC[C@H](C)CCC1=C(C)[C@@H]2[C@@]3(C)CC[C@H]4[C@@H](CC=C5C[C@@H](O)CC[C@@]54C)[C@@H]3C[C@@]2(C)O1. The zero-order valence-corrected chi connectivity index (χ0v) is 22.4. The van der Waals surface area contributed by atoms with Gasteiger partial charge in [-0.1, -0.05) is 32.4 Å². The summed E-state index contributed by atoms with van der Waals surface area (Å²) in [6.45, 7) is 14.4. The van der Waals surface area contributed by atoms with Gasteiger partial charge in [0.05, 0.1) is 11.9 Å². The lowest BCUT2D eigenvalue weighted by molar-refractivity contribution is -0.119. The van der Waals surface area contributed by atoms with Gasteiger partial charge in [-0.3, -0.25) is 4.79 Å². The fraction of sp³-hybridized carbons (Fsp3) is 0.833. The third-order valence-electron chi connectivity index (χ3n) is 11.2. The van der Waals surface area contributed by atoms with E-state index in [1.807, 2.05) is 0 Å². The first kappa shape index (κ1) is 24.4. The van der Waals surface area contributed by atoms with E-state index in [1.165, 1.54) is 37.0 Å². The van der Waals surface area contributed by atoms with Crippen LogP contribution in [0, 0.1) is 40.4 Å². The molecule has 2 N–H and O–H groups in total. The number of carbonyl (C=O) groups excluding carboxylic acids is 1. The van der Waals surface area contributed by atoms with E-state index in [4.69, 9.17) is 4.74 Å².